The van der Waals surface area contributed by atoms with E-state index in [1.807, 2.05) is 12.1 Å². The number of nitrogens with two attached hydrogens (primary N) is 1. The molecule has 2 rings (SSSR count). The Morgan fingerprint density at radius 3 is 2.50 bits per heavy atom. The molecule has 1 aliphatic rings. The first-order chi connectivity index (χ1) is 8.70. The molecule has 18 heavy (non-hydrogen) atoms. The molecule has 0 bridgehead atoms. The highest BCUT2D eigenvalue weighted by molar-refractivity contribution is 5.05. The maximum absolute atomic E-state index is 5.89. The van der Waals surface area contributed by atoms with Gasteiger partial charge in [0.25, 0.3) is 0 Å². The van der Waals surface area contributed by atoms with Gasteiger partial charge in [-0.25, -0.2) is 0 Å². The second-order valence-corrected chi connectivity index (χ2v) is 5.50. The molecule has 4 nitrogen and oxygen atoms in total. The van der Waals surface area contributed by atoms with Crippen LogP contribution in [0.1, 0.15) is 25.6 Å². The van der Waals surface area contributed by atoms with Crippen LogP contribution in [0.15, 0.2) is 22.8 Å². The van der Waals surface area contributed by atoms with E-state index in [9.17, 15) is 0 Å². The van der Waals surface area contributed by atoms with Crippen molar-refractivity contribution in [2.24, 2.45) is 11.7 Å². The summed E-state index contributed by atoms with van der Waals surface area (Å²) in [5.41, 5.74) is 5.89. The fraction of sp³-hybridized carbons (Fsp3) is 0.714. The summed E-state index contributed by atoms with van der Waals surface area (Å²) in [6.07, 6.45) is 1.73. The first-order valence-corrected chi connectivity index (χ1v) is 6.90. The molecule has 1 aromatic rings. The van der Waals surface area contributed by atoms with Gasteiger partial charge < -0.3 is 15.1 Å². The molecule has 2 heterocycles. The maximum atomic E-state index is 5.89. The van der Waals surface area contributed by atoms with E-state index in [4.69, 9.17) is 10.2 Å². The van der Waals surface area contributed by atoms with Crippen molar-refractivity contribution >= 4 is 0 Å². The lowest BCUT2D eigenvalue weighted by atomic mass is 10.1. The van der Waals surface area contributed by atoms with Crippen LogP contribution in [0, 0.1) is 5.92 Å². The average Bonchev–Trinajstić information content (AvgIpc) is 2.85. The van der Waals surface area contributed by atoms with Crippen LogP contribution in [-0.4, -0.2) is 49.1 Å². The van der Waals surface area contributed by atoms with Crippen molar-refractivity contribution in [3.63, 3.8) is 0 Å². The highest BCUT2D eigenvalue weighted by Crippen LogP contribution is 2.21. The highest BCUT2D eigenvalue weighted by Gasteiger charge is 2.25. The summed E-state index contributed by atoms with van der Waals surface area (Å²) >= 11 is 0. The van der Waals surface area contributed by atoms with Gasteiger partial charge in [-0.15, -0.1) is 0 Å². The minimum Gasteiger partial charge on any atom is -0.468 e. The predicted molar refractivity (Wildman–Crippen MR) is 73.4 cm³/mol. The number of hydrogen-bond donors (Lipinski definition) is 1. The van der Waals surface area contributed by atoms with Gasteiger partial charge in [-0.1, -0.05) is 13.8 Å². The van der Waals surface area contributed by atoms with Crippen LogP contribution in [0.25, 0.3) is 0 Å². The van der Waals surface area contributed by atoms with E-state index in [1.165, 1.54) is 6.54 Å². The molecule has 1 fully saturated rings. The molecule has 0 saturated carbocycles. The minimum absolute atomic E-state index is 0.237. The summed E-state index contributed by atoms with van der Waals surface area (Å²) in [5, 5.41) is 0. The van der Waals surface area contributed by atoms with E-state index in [2.05, 4.69) is 23.6 Å². The molecule has 102 valence electrons. The quantitative estimate of drug-likeness (QED) is 0.862. The van der Waals surface area contributed by atoms with Gasteiger partial charge >= 0.3 is 0 Å². The summed E-state index contributed by atoms with van der Waals surface area (Å²) in [5.74, 6) is 1.74. The molecule has 4 heteroatoms. The molecule has 1 atom stereocenters. The van der Waals surface area contributed by atoms with Crippen LogP contribution in [0.3, 0.4) is 0 Å². The van der Waals surface area contributed by atoms with Gasteiger partial charge in [0.05, 0.1) is 12.3 Å². The van der Waals surface area contributed by atoms with E-state index in [0.717, 1.165) is 37.9 Å². The number of furan rings is 1. The summed E-state index contributed by atoms with van der Waals surface area (Å²) in [4.78, 5) is 4.98. The van der Waals surface area contributed by atoms with Crippen LogP contribution in [0.2, 0.25) is 0 Å². The Bertz CT molecular complexity index is 329. The fourth-order valence-corrected chi connectivity index (χ4v) is 2.70. The Morgan fingerprint density at radius 1 is 1.28 bits per heavy atom. The lowest BCUT2D eigenvalue weighted by Gasteiger charge is -2.38. The number of hydrogen-bond acceptors (Lipinski definition) is 4. The van der Waals surface area contributed by atoms with Gasteiger partial charge in [0.2, 0.25) is 0 Å². The zero-order chi connectivity index (χ0) is 13.0. The molecule has 2 N–H and O–H groups in total. The van der Waals surface area contributed by atoms with Crippen molar-refractivity contribution in [3.05, 3.63) is 24.2 Å². The van der Waals surface area contributed by atoms with E-state index in [0.29, 0.717) is 6.54 Å². The molecule has 0 aliphatic carbocycles. The second-order valence-electron chi connectivity index (χ2n) is 5.50. The molecule has 1 aromatic heterocycles. The van der Waals surface area contributed by atoms with Gasteiger partial charge in [0, 0.05) is 39.3 Å². The molecule has 1 unspecified atom stereocenters. The monoisotopic (exact) mass is 251 g/mol. The summed E-state index contributed by atoms with van der Waals surface area (Å²) in [7, 11) is 0. The molecule has 0 amide bonds. The van der Waals surface area contributed by atoms with Gasteiger partial charge in [-0.2, -0.15) is 0 Å². The normalized spacial score (nSPS) is 20.4. The van der Waals surface area contributed by atoms with Crippen molar-refractivity contribution in [1.82, 2.24) is 9.80 Å². The van der Waals surface area contributed by atoms with Gasteiger partial charge in [-0.3, -0.25) is 4.90 Å². The lowest BCUT2D eigenvalue weighted by molar-refractivity contribution is 0.0831. The van der Waals surface area contributed by atoms with Gasteiger partial charge in [0.1, 0.15) is 5.76 Å². The van der Waals surface area contributed by atoms with Crippen molar-refractivity contribution in [2.45, 2.75) is 19.9 Å². The summed E-state index contributed by atoms with van der Waals surface area (Å²) < 4.78 is 5.50. The first kappa shape index (κ1) is 13.6. The van der Waals surface area contributed by atoms with Crippen LogP contribution in [0.5, 0.6) is 0 Å². The van der Waals surface area contributed by atoms with Crippen molar-refractivity contribution < 1.29 is 4.42 Å². The average molecular weight is 251 g/mol. The third-order valence-electron chi connectivity index (χ3n) is 3.57. The van der Waals surface area contributed by atoms with Gasteiger partial charge in [-0.05, 0) is 18.1 Å². The Hall–Kier alpha value is -0.840. The molecule has 0 spiro atoms. The Labute approximate surface area is 110 Å². The van der Waals surface area contributed by atoms with Crippen LogP contribution in [0.4, 0.5) is 0 Å². The van der Waals surface area contributed by atoms with E-state index < -0.39 is 0 Å². The van der Waals surface area contributed by atoms with E-state index >= 15 is 0 Å². The third-order valence-corrected chi connectivity index (χ3v) is 3.57. The van der Waals surface area contributed by atoms with E-state index in [1.54, 1.807) is 6.26 Å². The SMILES string of the molecule is CC(C)CN1CCN(C(CN)c2ccco2)CC1. The predicted octanol–water partition coefficient (Wildman–Crippen LogP) is 1.55. The van der Waals surface area contributed by atoms with E-state index in [-0.39, 0.29) is 6.04 Å². The molecule has 0 radical (unpaired) electrons. The number of rotatable bonds is 5. The molecular weight excluding hydrogens is 226 g/mol. The fourth-order valence-electron chi connectivity index (χ4n) is 2.70. The number of piperazine rings is 1. The molecule has 1 aliphatic heterocycles. The largest absolute Gasteiger partial charge is 0.468 e. The standard InChI is InChI=1S/C14H25N3O/c1-12(2)11-16-5-7-17(8-6-16)13(10-15)14-4-3-9-18-14/h3-4,9,12-13H,5-8,10-11,15H2,1-2H3. The molecule has 1 saturated heterocycles. The summed E-state index contributed by atoms with van der Waals surface area (Å²) in [6.45, 7) is 10.8. The Balaban J connectivity index is 1.88. The first-order valence-electron chi connectivity index (χ1n) is 6.90. The van der Waals surface area contributed by atoms with Crippen LogP contribution in [-0.2, 0) is 0 Å². The summed E-state index contributed by atoms with van der Waals surface area (Å²) in [6, 6.07) is 4.20. The van der Waals surface area contributed by atoms with Crippen molar-refractivity contribution in [2.75, 3.05) is 39.3 Å². The number of nitrogens with zero attached hydrogens (tertiary/aromatic N) is 2. The smallest absolute Gasteiger partial charge is 0.122 e. The highest BCUT2D eigenvalue weighted by atomic mass is 16.3. The van der Waals surface area contributed by atoms with Crippen molar-refractivity contribution in [1.29, 1.82) is 0 Å². The minimum atomic E-state index is 0.237. The molecular formula is C14H25N3O. The third kappa shape index (κ3) is 3.34. The zero-order valence-corrected chi connectivity index (χ0v) is 11.5. The van der Waals surface area contributed by atoms with Crippen LogP contribution < -0.4 is 5.73 Å². The molecule has 0 aromatic carbocycles. The van der Waals surface area contributed by atoms with Crippen LogP contribution >= 0.6 is 0 Å². The Kier molecular flexibility index (Phi) is 4.80. The second kappa shape index (κ2) is 6.36. The zero-order valence-electron chi connectivity index (χ0n) is 11.5. The maximum Gasteiger partial charge on any atom is 0.122 e. The van der Waals surface area contributed by atoms with Gasteiger partial charge in [0.15, 0.2) is 0 Å². The van der Waals surface area contributed by atoms with Crippen molar-refractivity contribution in [3.8, 4) is 0 Å². The topological polar surface area (TPSA) is 45.6 Å². The Morgan fingerprint density at radius 2 is 2.00 bits per heavy atom. The lowest BCUT2D eigenvalue weighted by Crippen LogP contribution is -2.49.